The zero-order valence-electron chi connectivity index (χ0n) is 26.3. The highest BCUT2D eigenvalue weighted by Crippen LogP contribution is 2.32. The van der Waals surface area contributed by atoms with Gasteiger partial charge in [0, 0.05) is 31.7 Å². The molecule has 0 spiro atoms. The number of para-hydroxylation sites is 1. The van der Waals surface area contributed by atoms with Gasteiger partial charge in [-0.3, -0.25) is 9.80 Å². The fraction of sp³-hybridized carbons (Fsp3) is 0.270. The van der Waals surface area contributed by atoms with Crippen LogP contribution in [0.1, 0.15) is 22.3 Å². The zero-order valence-corrected chi connectivity index (χ0v) is 27.1. The van der Waals surface area contributed by atoms with Gasteiger partial charge in [0.15, 0.2) is 11.5 Å². The zero-order chi connectivity index (χ0) is 31.2. The topological polar surface area (TPSA) is 56.3 Å². The lowest BCUT2D eigenvalue weighted by atomic mass is 10.0. The van der Waals surface area contributed by atoms with E-state index in [2.05, 4.69) is 78.3 Å². The number of hydrogen-bond acceptors (Lipinski definition) is 8. The Hall–Kier alpha value is -4.37. The van der Waals surface area contributed by atoms with Gasteiger partial charge in [-0.15, -0.1) is 11.3 Å². The van der Waals surface area contributed by atoms with Gasteiger partial charge in [-0.1, -0.05) is 36.4 Å². The molecule has 0 radical (unpaired) electrons. The van der Waals surface area contributed by atoms with Crippen molar-refractivity contribution in [3.8, 4) is 33.6 Å². The summed E-state index contributed by atoms with van der Waals surface area (Å²) in [5.41, 5.74) is 6.65. The summed E-state index contributed by atoms with van der Waals surface area (Å²) < 4.78 is 24.7. The minimum absolute atomic E-state index is 0.500. The average molecular weight is 622 g/mol. The van der Waals surface area contributed by atoms with Gasteiger partial charge in [-0.05, 0) is 90.7 Å². The second-order valence-corrected chi connectivity index (χ2v) is 12.2. The van der Waals surface area contributed by atoms with Crippen LogP contribution in [0.15, 0.2) is 78.9 Å². The molecule has 8 heteroatoms. The van der Waals surface area contributed by atoms with Gasteiger partial charge in [0.05, 0.1) is 24.4 Å². The summed E-state index contributed by atoms with van der Waals surface area (Å²) >= 11 is 1.71. The number of rotatable bonds is 11. The molecule has 0 N–H and O–H groups in total. The minimum atomic E-state index is 0.500. The highest BCUT2D eigenvalue weighted by atomic mass is 32.1. The van der Waals surface area contributed by atoms with Gasteiger partial charge in [0.25, 0.3) is 0 Å². The third-order valence-corrected chi connectivity index (χ3v) is 9.28. The van der Waals surface area contributed by atoms with E-state index in [4.69, 9.17) is 23.9 Å². The van der Waals surface area contributed by atoms with E-state index >= 15 is 0 Å². The third kappa shape index (κ3) is 7.48. The summed E-state index contributed by atoms with van der Waals surface area (Å²) in [5, 5.41) is 1.03. The maximum atomic E-state index is 6.26. The Labute approximate surface area is 269 Å². The maximum absolute atomic E-state index is 6.26. The molecule has 1 aromatic heterocycles. The minimum Gasteiger partial charge on any atom is -0.496 e. The number of aromatic nitrogens is 1. The molecule has 6 rings (SSSR count). The van der Waals surface area contributed by atoms with Crippen LogP contribution in [-0.2, 0) is 0 Å². The SMILES string of the molecule is COc1ccc(/C=C\c2cc(C)c(C)c(OC)c2)cc1OCN1CCN(COc2ccc(-c3nc4ccccc4s3)cc2)CC1. The number of methoxy groups -OCH3 is 2. The van der Waals surface area contributed by atoms with Crippen LogP contribution >= 0.6 is 11.3 Å². The van der Waals surface area contributed by atoms with Crippen LogP contribution < -0.4 is 18.9 Å². The lowest BCUT2D eigenvalue weighted by Crippen LogP contribution is -2.48. The van der Waals surface area contributed by atoms with Crippen molar-refractivity contribution in [1.29, 1.82) is 0 Å². The van der Waals surface area contributed by atoms with E-state index in [9.17, 15) is 0 Å². The van der Waals surface area contributed by atoms with Crippen molar-refractivity contribution >= 4 is 33.7 Å². The van der Waals surface area contributed by atoms with Gasteiger partial charge in [-0.2, -0.15) is 0 Å². The van der Waals surface area contributed by atoms with Gasteiger partial charge >= 0.3 is 0 Å². The van der Waals surface area contributed by atoms with E-state index in [1.807, 2.05) is 36.4 Å². The number of piperazine rings is 1. The smallest absolute Gasteiger partial charge is 0.163 e. The highest BCUT2D eigenvalue weighted by molar-refractivity contribution is 7.21. The molecule has 5 aromatic rings. The quantitative estimate of drug-likeness (QED) is 0.140. The molecule has 0 aliphatic carbocycles. The van der Waals surface area contributed by atoms with Crippen LogP contribution in [0.2, 0.25) is 0 Å². The van der Waals surface area contributed by atoms with Crippen molar-refractivity contribution in [2.75, 3.05) is 53.9 Å². The van der Waals surface area contributed by atoms with Crippen molar-refractivity contribution in [2.24, 2.45) is 0 Å². The van der Waals surface area contributed by atoms with Crippen LogP contribution in [0.25, 0.3) is 32.9 Å². The average Bonchev–Trinajstić information content (AvgIpc) is 3.52. The molecule has 232 valence electrons. The van der Waals surface area contributed by atoms with Gasteiger partial charge in [0.2, 0.25) is 0 Å². The Kier molecular flexibility index (Phi) is 9.64. The van der Waals surface area contributed by atoms with E-state index in [-0.39, 0.29) is 0 Å². The number of nitrogens with zero attached hydrogens (tertiary/aromatic N) is 3. The predicted molar refractivity (Wildman–Crippen MR) is 184 cm³/mol. The van der Waals surface area contributed by atoms with Crippen LogP contribution in [0.4, 0.5) is 0 Å². The molecular weight excluding hydrogens is 582 g/mol. The van der Waals surface area contributed by atoms with E-state index in [0.29, 0.717) is 13.5 Å². The Morgan fingerprint density at radius 2 is 1.38 bits per heavy atom. The maximum Gasteiger partial charge on any atom is 0.163 e. The van der Waals surface area contributed by atoms with Gasteiger partial charge < -0.3 is 18.9 Å². The Morgan fingerprint density at radius 3 is 2.09 bits per heavy atom. The molecule has 2 heterocycles. The highest BCUT2D eigenvalue weighted by Gasteiger charge is 2.18. The Bertz CT molecular complexity index is 1740. The molecule has 0 saturated carbocycles. The summed E-state index contributed by atoms with van der Waals surface area (Å²) in [6.45, 7) is 8.86. The normalized spacial score (nSPS) is 14.2. The van der Waals surface area contributed by atoms with Crippen LogP contribution in [0.5, 0.6) is 23.0 Å². The molecule has 0 bridgehead atoms. The van der Waals surface area contributed by atoms with E-state index < -0.39 is 0 Å². The molecule has 1 aliphatic rings. The number of aryl methyl sites for hydroxylation is 1. The number of benzene rings is 4. The fourth-order valence-electron chi connectivity index (χ4n) is 5.33. The lowest BCUT2D eigenvalue weighted by molar-refractivity contribution is 0.0325. The molecule has 0 amide bonds. The first-order chi connectivity index (χ1) is 22.0. The Morgan fingerprint density at radius 1 is 0.711 bits per heavy atom. The first-order valence-electron chi connectivity index (χ1n) is 15.2. The number of hydrogen-bond donors (Lipinski definition) is 0. The molecule has 1 aliphatic heterocycles. The van der Waals surface area contributed by atoms with E-state index in [0.717, 1.165) is 82.0 Å². The molecule has 45 heavy (non-hydrogen) atoms. The Balaban J connectivity index is 0.982. The molecular formula is C37H39N3O4S. The molecule has 1 fully saturated rings. The molecule has 7 nitrogen and oxygen atoms in total. The van der Waals surface area contributed by atoms with Crippen LogP contribution in [-0.4, -0.2) is 68.6 Å². The van der Waals surface area contributed by atoms with Gasteiger partial charge in [0.1, 0.15) is 30.0 Å². The number of thiazole rings is 1. The summed E-state index contributed by atoms with van der Waals surface area (Å²) in [4.78, 5) is 9.40. The first-order valence-corrected chi connectivity index (χ1v) is 16.0. The molecule has 4 aromatic carbocycles. The van der Waals surface area contributed by atoms with Crippen molar-refractivity contribution < 1.29 is 18.9 Å². The van der Waals surface area contributed by atoms with Crippen molar-refractivity contribution in [2.45, 2.75) is 13.8 Å². The second-order valence-electron chi connectivity index (χ2n) is 11.2. The van der Waals surface area contributed by atoms with E-state index in [1.54, 1.807) is 25.6 Å². The van der Waals surface area contributed by atoms with Gasteiger partial charge in [-0.25, -0.2) is 4.98 Å². The summed E-state index contributed by atoms with van der Waals surface area (Å²) in [6, 6.07) is 26.7. The summed E-state index contributed by atoms with van der Waals surface area (Å²) in [5.74, 6) is 3.22. The fourth-order valence-corrected chi connectivity index (χ4v) is 6.30. The summed E-state index contributed by atoms with van der Waals surface area (Å²) in [7, 11) is 3.38. The largest absolute Gasteiger partial charge is 0.496 e. The van der Waals surface area contributed by atoms with Crippen LogP contribution in [0.3, 0.4) is 0 Å². The standard InChI is InChI=1S/C37H39N3O4S/c1-26-21-29(23-34(42-4)27(26)2)10-9-28-11-16-33(41-3)35(22-28)44-25-40-19-17-39(18-20-40)24-43-31-14-12-30(13-15-31)37-38-32-7-5-6-8-36(32)45-37/h5-16,21-23H,17-20,24-25H2,1-4H3/b10-9-. The summed E-state index contributed by atoms with van der Waals surface area (Å²) in [6.07, 6.45) is 4.18. The van der Waals surface area contributed by atoms with Crippen molar-refractivity contribution in [3.05, 3.63) is 101 Å². The third-order valence-electron chi connectivity index (χ3n) is 8.19. The van der Waals surface area contributed by atoms with E-state index in [1.165, 1.54) is 10.3 Å². The molecule has 0 atom stereocenters. The monoisotopic (exact) mass is 621 g/mol. The number of ether oxygens (including phenoxy) is 4. The van der Waals surface area contributed by atoms with Crippen molar-refractivity contribution in [3.63, 3.8) is 0 Å². The second kappa shape index (κ2) is 14.2. The van der Waals surface area contributed by atoms with Crippen molar-refractivity contribution in [1.82, 2.24) is 14.8 Å². The first kappa shape index (κ1) is 30.6. The predicted octanol–water partition coefficient (Wildman–Crippen LogP) is 7.76. The number of fused-ring (bicyclic) bond motifs is 1. The lowest BCUT2D eigenvalue weighted by Gasteiger charge is -2.34. The molecule has 1 saturated heterocycles. The molecule has 0 unspecified atom stereocenters. The van der Waals surface area contributed by atoms with Crippen LogP contribution in [0, 0.1) is 13.8 Å².